The molecule has 4 heteroatoms. The van der Waals surface area contributed by atoms with E-state index in [1.165, 1.54) is 12.8 Å². The lowest BCUT2D eigenvalue weighted by atomic mass is 9.89. The zero-order chi connectivity index (χ0) is 16.7. The van der Waals surface area contributed by atoms with Crippen LogP contribution in [0.1, 0.15) is 50.6 Å². The highest BCUT2D eigenvalue weighted by atomic mass is 16.5. The minimum Gasteiger partial charge on any atom is -0.396 e. The van der Waals surface area contributed by atoms with Crippen LogP contribution < -0.4 is 0 Å². The van der Waals surface area contributed by atoms with Crippen molar-refractivity contribution in [2.75, 3.05) is 20.3 Å². The molecule has 0 heterocycles. The Hall–Kier alpha value is -1.39. The molecule has 0 spiro atoms. The van der Waals surface area contributed by atoms with Crippen molar-refractivity contribution >= 4 is 5.91 Å². The second-order valence-corrected chi connectivity index (χ2v) is 6.65. The topological polar surface area (TPSA) is 49.8 Å². The van der Waals surface area contributed by atoms with Gasteiger partial charge in [0.15, 0.2) is 0 Å². The maximum atomic E-state index is 12.5. The summed E-state index contributed by atoms with van der Waals surface area (Å²) in [5, 5.41) is 9.32. The molecule has 0 radical (unpaired) electrons. The molecule has 0 aliphatic heterocycles. The van der Waals surface area contributed by atoms with Crippen LogP contribution in [0.3, 0.4) is 0 Å². The molecule has 3 atom stereocenters. The molecule has 0 saturated heterocycles. The molecule has 3 unspecified atom stereocenters. The van der Waals surface area contributed by atoms with E-state index in [9.17, 15) is 9.90 Å². The summed E-state index contributed by atoms with van der Waals surface area (Å²) in [6.07, 6.45) is 5.31. The van der Waals surface area contributed by atoms with Gasteiger partial charge >= 0.3 is 0 Å². The largest absolute Gasteiger partial charge is 0.396 e. The van der Waals surface area contributed by atoms with Gasteiger partial charge in [-0.15, -0.1) is 0 Å². The normalized spacial score (nSPS) is 22.6. The number of hydrogen-bond donors (Lipinski definition) is 1. The average molecular weight is 319 g/mol. The number of nitrogens with zero attached hydrogens (tertiary/aromatic N) is 1. The lowest BCUT2D eigenvalue weighted by Gasteiger charge is -2.30. The molecule has 1 aromatic carbocycles. The zero-order valence-electron chi connectivity index (χ0n) is 14.3. The quantitative estimate of drug-likeness (QED) is 0.840. The van der Waals surface area contributed by atoms with Crippen molar-refractivity contribution in [1.29, 1.82) is 0 Å². The first-order valence-electron chi connectivity index (χ1n) is 8.65. The Bertz CT molecular complexity index is 477. The Morgan fingerprint density at radius 3 is 2.74 bits per heavy atom. The minimum atomic E-state index is -0.109. The van der Waals surface area contributed by atoms with Crippen LogP contribution in [0.4, 0.5) is 0 Å². The lowest BCUT2D eigenvalue weighted by Crippen LogP contribution is -2.36. The first-order chi connectivity index (χ1) is 11.1. The molecule has 1 aliphatic rings. The van der Waals surface area contributed by atoms with Crippen LogP contribution in [-0.2, 0) is 9.53 Å². The van der Waals surface area contributed by atoms with E-state index < -0.39 is 0 Å². The van der Waals surface area contributed by atoms with Crippen LogP contribution in [-0.4, -0.2) is 42.3 Å². The van der Waals surface area contributed by atoms with Crippen LogP contribution in [0.15, 0.2) is 30.3 Å². The third-order valence-electron chi connectivity index (χ3n) is 4.78. The molecule has 0 bridgehead atoms. The number of aliphatic hydroxyl groups excluding tert-OH is 1. The highest BCUT2D eigenvalue weighted by Crippen LogP contribution is 2.26. The van der Waals surface area contributed by atoms with Gasteiger partial charge < -0.3 is 14.7 Å². The predicted molar refractivity (Wildman–Crippen MR) is 91.0 cm³/mol. The number of aliphatic hydroxyl groups is 1. The molecular formula is C19H29NO3. The summed E-state index contributed by atoms with van der Waals surface area (Å²) < 4.78 is 5.85. The van der Waals surface area contributed by atoms with E-state index >= 15 is 0 Å². The second kappa shape index (κ2) is 9.04. The van der Waals surface area contributed by atoms with Crippen molar-refractivity contribution < 1.29 is 14.6 Å². The van der Waals surface area contributed by atoms with Gasteiger partial charge in [-0.3, -0.25) is 4.79 Å². The molecule has 128 valence electrons. The van der Waals surface area contributed by atoms with Gasteiger partial charge in [0.25, 0.3) is 0 Å². The van der Waals surface area contributed by atoms with Crippen molar-refractivity contribution in [2.45, 2.75) is 51.2 Å². The van der Waals surface area contributed by atoms with Crippen molar-refractivity contribution in [2.24, 2.45) is 5.92 Å². The Morgan fingerprint density at radius 1 is 1.35 bits per heavy atom. The van der Waals surface area contributed by atoms with Gasteiger partial charge in [0.1, 0.15) is 6.61 Å². The summed E-state index contributed by atoms with van der Waals surface area (Å²) in [6.45, 7) is 2.43. The number of likely N-dealkylation sites (N-methyl/N-ethyl adjacent to an activating group) is 1. The lowest BCUT2D eigenvalue weighted by molar-refractivity contribution is -0.140. The van der Waals surface area contributed by atoms with Gasteiger partial charge in [0.2, 0.25) is 5.91 Å². The molecule has 1 N–H and O–H groups in total. The van der Waals surface area contributed by atoms with E-state index in [1.807, 2.05) is 30.3 Å². The standard InChI is InChI=1S/C19H29NO3/c1-15-7-6-10-17(13-15)23-14-19(22)20(2)18(11-12-21)16-8-4-3-5-9-16/h3-5,8-9,15,17-18,21H,6-7,10-14H2,1-2H3. The summed E-state index contributed by atoms with van der Waals surface area (Å²) >= 11 is 0. The maximum Gasteiger partial charge on any atom is 0.248 e. The van der Waals surface area contributed by atoms with Crippen LogP contribution in [0.2, 0.25) is 0 Å². The Morgan fingerprint density at radius 2 is 2.09 bits per heavy atom. The first kappa shape index (κ1) is 18.0. The Kier molecular flexibility index (Phi) is 7.06. The van der Waals surface area contributed by atoms with Gasteiger partial charge in [-0.25, -0.2) is 0 Å². The number of carbonyl (C=O) groups is 1. The van der Waals surface area contributed by atoms with Gasteiger partial charge in [-0.1, -0.05) is 50.1 Å². The van der Waals surface area contributed by atoms with Crippen LogP contribution in [0.25, 0.3) is 0 Å². The molecule has 2 rings (SSSR count). The molecule has 23 heavy (non-hydrogen) atoms. The molecule has 4 nitrogen and oxygen atoms in total. The van der Waals surface area contributed by atoms with Crippen LogP contribution in [0.5, 0.6) is 0 Å². The first-order valence-corrected chi connectivity index (χ1v) is 8.65. The van der Waals surface area contributed by atoms with E-state index in [2.05, 4.69) is 6.92 Å². The molecular weight excluding hydrogens is 290 g/mol. The minimum absolute atomic E-state index is 0.0227. The molecule has 1 amide bonds. The van der Waals surface area contributed by atoms with E-state index in [4.69, 9.17) is 4.74 Å². The van der Waals surface area contributed by atoms with E-state index in [0.717, 1.165) is 18.4 Å². The summed E-state index contributed by atoms with van der Waals surface area (Å²) in [5.41, 5.74) is 1.05. The number of amides is 1. The summed E-state index contributed by atoms with van der Waals surface area (Å²) in [4.78, 5) is 14.2. The summed E-state index contributed by atoms with van der Waals surface area (Å²) in [6, 6.07) is 9.74. The average Bonchev–Trinajstić information content (AvgIpc) is 2.58. The molecule has 0 aromatic heterocycles. The zero-order valence-corrected chi connectivity index (χ0v) is 14.3. The fourth-order valence-corrected chi connectivity index (χ4v) is 3.38. The summed E-state index contributed by atoms with van der Waals surface area (Å²) in [7, 11) is 1.79. The Labute approximate surface area is 139 Å². The van der Waals surface area contributed by atoms with Gasteiger partial charge in [0, 0.05) is 13.7 Å². The SMILES string of the molecule is CC1CCCC(OCC(=O)N(C)C(CCO)c2ccccc2)C1. The highest BCUT2D eigenvalue weighted by molar-refractivity contribution is 5.77. The third-order valence-corrected chi connectivity index (χ3v) is 4.78. The predicted octanol–water partition coefficient (Wildman–Crippen LogP) is 3.16. The van der Waals surface area contributed by atoms with Gasteiger partial charge in [0.05, 0.1) is 12.1 Å². The van der Waals surface area contributed by atoms with Crippen molar-refractivity contribution in [3.05, 3.63) is 35.9 Å². The van der Waals surface area contributed by atoms with Gasteiger partial charge in [-0.2, -0.15) is 0 Å². The fraction of sp³-hybridized carbons (Fsp3) is 0.632. The molecule has 1 saturated carbocycles. The number of hydrogen-bond acceptors (Lipinski definition) is 3. The van der Waals surface area contributed by atoms with Crippen molar-refractivity contribution in [3.63, 3.8) is 0 Å². The summed E-state index contributed by atoms with van der Waals surface area (Å²) in [5.74, 6) is 0.665. The number of rotatable bonds is 7. The maximum absolute atomic E-state index is 12.5. The van der Waals surface area contributed by atoms with Crippen molar-refractivity contribution in [3.8, 4) is 0 Å². The number of ether oxygens (including phenoxy) is 1. The van der Waals surface area contributed by atoms with Gasteiger partial charge in [-0.05, 0) is 30.7 Å². The van der Waals surface area contributed by atoms with Crippen LogP contribution >= 0.6 is 0 Å². The number of benzene rings is 1. The monoisotopic (exact) mass is 319 g/mol. The molecule has 1 aromatic rings. The highest BCUT2D eigenvalue weighted by Gasteiger charge is 2.24. The van der Waals surface area contributed by atoms with Crippen molar-refractivity contribution in [1.82, 2.24) is 4.90 Å². The second-order valence-electron chi connectivity index (χ2n) is 6.65. The van der Waals surface area contributed by atoms with Crippen LogP contribution in [0, 0.1) is 5.92 Å². The third kappa shape index (κ3) is 5.33. The Balaban J connectivity index is 1.91. The smallest absolute Gasteiger partial charge is 0.248 e. The fourth-order valence-electron chi connectivity index (χ4n) is 3.38. The molecule has 1 aliphatic carbocycles. The van der Waals surface area contributed by atoms with E-state index in [0.29, 0.717) is 12.3 Å². The molecule has 1 fully saturated rings. The number of carbonyl (C=O) groups excluding carboxylic acids is 1. The van der Waals surface area contributed by atoms with E-state index in [-0.39, 0.29) is 31.3 Å². The van der Waals surface area contributed by atoms with E-state index in [1.54, 1.807) is 11.9 Å².